The number of nitrogens with two attached hydrogens (primary N) is 1. The maximum atomic E-state index is 14.7. The summed E-state index contributed by atoms with van der Waals surface area (Å²) in [5, 5.41) is 7.01. The number of aromatic nitrogens is 1. The number of nitrogens with zero attached hydrogens (tertiary/aromatic N) is 1. The van der Waals surface area contributed by atoms with E-state index in [2.05, 4.69) is 15.6 Å². The molecule has 1 fully saturated rings. The first-order valence-electron chi connectivity index (χ1n) is 10.4. The third kappa shape index (κ3) is 5.51. The molecule has 0 amide bonds. The quantitative estimate of drug-likeness (QED) is 0.439. The molecule has 0 unspecified atom stereocenters. The van der Waals surface area contributed by atoms with Gasteiger partial charge in [0.1, 0.15) is 17.5 Å². The SMILES string of the molecule is N[C@H]1CC[C@H](Nc2cc(-c3cc(NCc4cccc(F)c4)ccc3F)c(Cl)cn2)CC1. The fraction of sp³-hybridized carbons (Fsp3) is 0.292. The van der Waals surface area contributed by atoms with E-state index in [1.165, 1.54) is 18.2 Å². The van der Waals surface area contributed by atoms with Crippen molar-refractivity contribution in [1.82, 2.24) is 4.98 Å². The highest BCUT2D eigenvalue weighted by Crippen LogP contribution is 2.33. The Balaban J connectivity index is 1.53. The first-order valence-corrected chi connectivity index (χ1v) is 10.8. The predicted molar refractivity (Wildman–Crippen MR) is 122 cm³/mol. The molecule has 4 rings (SSSR count). The van der Waals surface area contributed by atoms with E-state index in [0.29, 0.717) is 40.2 Å². The summed E-state index contributed by atoms with van der Waals surface area (Å²) in [6.45, 7) is 0.420. The Hall–Kier alpha value is -2.70. The van der Waals surface area contributed by atoms with Crippen LogP contribution in [0.15, 0.2) is 54.7 Å². The maximum absolute atomic E-state index is 14.7. The minimum absolute atomic E-state index is 0.267. The molecule has 0 saturated heterocycles. The van der Waals surface area contributed by atoms with E-state index in [1.54, 1.807) is 30.5 Å². The lowest BCUT2D eigenvalue weighted by Crippen LogP contribution is -2.33. The molecule has 1 aromatic heterocycles. The number of hydrogen-bond acceptors (Lipinski definition) is 4. The van der Waals surface area contributed by atoms with Crippen LogP contribution in [0.2, 0.25) is 5.02 Å². The van der Waals surface area contributed by atoms with Gasteiger partial charge in [0, 0.05) is 41.6 Å². The smallest absolute Gasteiger partial charge is 0.131 e. The maximum Gasteiger partial charge on any atom is 0.131 e. The zero-order chi connectivity index (χ0) is 21.8. The molecule has 1 saturated carbocycles. The zero-order valence-corrected chi connectivity index (χ0v) is 17.8. The van der Waals surface area contributed by atoms with Crippen LogP contribution in [-0.4, -0.2) is 17.1 Å². The van der Waals surface area contributed by atoms with Crippen LogP contribution in [-0.2, 0) is 6.54 Å². The summed E-state index contributed by atoms with van der Waals surface area (Å²) in [5.74, 6) is -0.000897. The van der Waals surface area contributed by atoms with Gasteiger partial charge in [0.25, 0.3) is 0 Å². The van der Waals surface area contributed by atoms with Gasteiger partial charge in [-0.25, -0.2) is 13.8 Å². The summed E-state index contributed by atoms with van der Waals surface area (Å²) in [6, 6.07) is 13.5. The molecule has 1 aliphatic carbocycles. The van der Waals surface area contributed by atoms with Gasteiger partial charge in [0.2, 0.25) is 0 Å². The first-order chi connectivity index (χ1) is 15.0. The minimum Gasteiger partial charge on any atom is -0.381 e. The van der Waals surface area contributed by atoms with Gasteiger partial charge in [-0.3, -0.25) is 0 Å². The molecule has 0 radical (unpaired) electrons. The molecule has 0 spiro atoms. The summed E-state index contributed by atoms with van der Waals surface area (Å²) in [5.41, 5.74) is 8.44. The molecule has 7 heteroatoms. The number of anilines is 2. The van der Waals surface area contributed by atoms with Crippen molar-refractivity contribution in [2.24, 2.45) is 5.73 Å². The Morgan fingerprint density at radius 3 is 2.58 bits per heavy atom. The highest BCUT2D eigenvalue weighted by Gasteiger charge is 2.19. The van der Waals surface area contributed by atoms with Crippen molar-refractivity contribution in [3.63, 3.8) is 0 Å². The lowest BCUT2D eigenvalue weighted by atomic mass is 9.92. The Labute approximate surface area is 185 Å². The highest BCUT2D eigenvalue weighted by atomic mass is 35.5. The predicted octanol–water partition coefficient (Wildman–Crippen LogP) is 5.97. The van der Waals surface area contributed by atoms with E-state index < -0.39 is 0 Å². The van der Waals surface area contributed by atoms with E-state index in [0.717, 1.165) is 31.2 Å². The van der Waals surface area contributed by atoms with Crippen LogP contribution in [0.25, 0.3) is 11.1 Å². The largest absolute Gasteiger partial charge is 0.381 e. The first kappa shape index (κ1) is 21.5. The molecule has 4 nitrogen and oxygen atoms in total. The molecule has 2 aromatic carbocycles. The van der Waals surface area contributed by atoms with Gasteiger partial charge in [-0.05, 0) is 67.6 Å². The van der Waals surface area contributed by atoms with Crippen LogP contribution in [0.1, 0.15) is 31.2 Å². The Morgan fingerprint density at radius 1 is 1.00 bits per heavy atom. The van der Waals surface area contributed by atoms with Gasteiger partial charge in [0.15, 0.2) is 0 Å². The van der Waals surface area contributed by atoms with E-state index in [-0.39, 0.29) is 17.7 Å². The van der Waals surface area contributed by atoms with Crippen molar-refractivity contribution < 1.29 is 8.78 Å². The van der Waals surface area contributed by atoms with Gasteiger partial charge < -0.3 is 16.4 Å². The second kappa shape index (κ2) is 9.62. The third-order valence-electron chi connectivity index (χ3n) is 5.62. The van der Waals surface area contributed by atoms with Crippen molar-refractivity contribution in [3.05, 3.63) is 76.9 Å². The van der Waals surface area contributed by atoms with Crippen molar-refractivity contribution in [2.45, 2.75) is 44.3 Å². The van der Waals surface area contributed by atoms with Gasteiger partial charge in [-0.15, -0.1) is 0 Å². The van der Waals surface area contributed by atoms with Crippen LogP contribution in [0.5, 0.6) is 0 Å². The fourth-order valence-corrected chi connectivity index (χ4v) is 4.09. The molecule has 162 valence electrons. The molecule has 0 aliphatic heterocycles. The second-order valence-electron chi connectivity index (χ2n) is 7.98. The van der Waals surface area contributed by atoms with Crippen LogP contribution in [0.4, 0.5) is 20.3 Å². The van der Waals surface area contributed by atoms with E-state index in [1.807, 2.05) is 6.07 Å². The van der Waals surface area contributed by atoms with Crippen molar-refractivity contribution in [2.75, 3.05) is 10.6 Å². The number of pyridine rings is 1. The fourth-order valence-electron chi connectivity index (χ4n) is 3.89. The molecular weight excluding hydrogens is 418 g/mol. The number of hydrogen-bond donors (Lipinski definition) is 3. The third-order valence-corrected chi connectivity index (χ3v) is 5.92. The van der Waals surface area contributed by atoms with E-state index >= 15 is 0 Å². The summed E-state index contributed by atoms with van der Waals surface area (Å²) in [7, 11) is 0. The van der Waals surface area contributed by atoms with Gasteiger partial charge >= 0.3 is 0 Å². The summed E-state index contributed by atoms with van der Waals surface area (Å²) >= 11 is 6.37. The molecule has 3 aromatic rings. The lowest BCUT2D eigenvalue weighted by Gasteiger charge is -2.27. The molecule has 1 aliphatic rings. The number of benzene rings is 2. The Morgan fingerprint density at radius 2 is 1.81 bits per heavy atom. The topological polar surface area (TPSA) is 63.0 Å². The van der Waals surface area contributed by atoms with Crippen molar-refractivity contribution in [3.8, 4) is 11.1 Å². The Bertz CT molecular complexity index is 1050. The summed E-state index contributed by atoms with van der Waals surface area (Å²) < 4.78 is 28.1. The standard InChI is InChI=1S/C24H25ClF2N4/c25-22-14-30-24(31-18-6-4-17(28)5-7-18)12-20(22)21-11-19(8-9-23(21)27)29-13-15-2-1-3-16(26)10-15/h1-3,8-12,14,17-18,29H,4-7,13,28H2,(H,30,31)/t17-,18-. The van der Waals surface area contributed by atoms with Crippen LogP contribution in [0, 0.1) is 11.6 Å². The molecule has 4 N–H and O–H groups in total. The number of rotatable bonds is 6. The molecule has 0 bridgehead atoms. The van der Waals surface area contributed by atoms with Crippen LogP contribution in [0.3, 0.4) is 0 Å². The molecular formula is C24H25ClF2N4. The van der Waals surface area contributed by atoms with Crippen LogP contribution >= 0.6 is 11.6 Å². The minimum atomic E-state index is -0.376. The monoisotopic (exact) mass is 442 g/mol. The number of nitrogens with one attached hydrogen (secondary N) is 2. The van der Waals surface area contributed by atoms with E-state index in [9.17, 15) is 8.78 Å². The zero-order valence-electron chi connectivity index (χ0n) is 17.0. The molecule has 1 heterocycles. The molecule has 31 heavy (non-hydrogen) atoms. The average Bonchev–Trinajstić information content (AvgIpc) is 2.76. The second-order valence-corrected chi connectivity index (χ2v) is 8.39. The lowest BCUT2D eigenvalue weighted by molar-refractivity contribution is 0.410. The van der Waals surface area contributed by atoms with Crippen molar-refractivity contribution in [1.29, 1.82) is 0 Å². The number of halogens is 3. The average molecular weight is 443 g/mol. The summed E-state index contributed by atoms with van der Waals surface area (Å²) in [6.07, 6.45) is 5.46. The molecule has 0 atom stereocenters. The normalized spacial score (nSPS) is 18.6. The highest BCUT2D eigenvalue weighted by molar-refractivity contribution is 6.33. The van der Waals surface area contributed by atoms with Gasteiger partial charge in [-0.2, -0.15) is 0 Å². The Kier molecular flexibility index (Phi) is 6.68. The van der Waals surface area contributed by atoms with E-state index in [4.69, 9.17) is 17.3 Å². The van der Waals surface area contributed by atoms with Gasteiger partial charge in [0.05, 0.1) is 5.02 Å². The summed E-state index contributed by atoms with van der Waals surface area (Å²) in [4.78, 5) is 4.37. The van der Waals surface area contributed by atoms with Crippen molar-refractivity contribution >= 4 is 23.1 Å². The van der Waals surface area contributed by atoms with Gasteiger partial charge in [-0.1, -0.05) is 23.7 Å². The van der Waals surface area contributed by atoms with Crippen LogP contribution < -0.4 is 16.4 Å².